The first-order valence-electron chi connectivity index (χ1n) is 5.41. The zero-order valence-electron chi connectivity index (χ0n) is 9.45. The molecular weight excluding hydrogens is 174 g/mol. The molecule has 3 atom stereocenters. The average Bonchev–Trinajstić information content (AvgIpc) is 2.50. The highest BCUT2D eigenvalue weighted by Gasteiger charge is 2.27. The topological polar surface area (TPSA) is 39.1 Å². The van der Waals surface area contributed by atoms with E-state index in [1.807, 2.05) is 0 Å². The van der Waals surface area contributed by atoms with Crippen LogP contribution in [0.2, 0.25) is 0 Å². The van der Waals surface area contributed by atoms with Crippen molar-refractivity contribution in [2.75, 3.05) is 20.6 Å². The van der Waals surface area contributed by atoms with Gasteiger partial charge in [0.15, 0.2) is 0 Å². The summed E-state index contributed by atoms with van der Waals surface area (Å²) in [6, 6.07) is 3.47. The molecule has 0 aromatic rings. The summed E-state index contributed by atoms with van der Waals surface area (Å²) < 4.78 is 0. The third kappa shape index (κ3) is 3.28. The van der Waals surface area contributed by atoms with Gasteiger partial charge in [-0.1, -0.05) is 0 Å². The van der Waals surface area contributed by atoms with Crippen LogP contribution in [0.15, 0.2) is 0 Å². The molecule has 3 heteroatoms. The Hall–Kier alpha value is -0.590. The second kappa shape index (κ2) is 5.33. The molecule has 0 amide bonds. The van der Waals surface area contributed by atoms with Gasteiger partial charge in [0.05, 0.1) is 6.07 Å². The normalized spacial score (nSPS) is 29.1. The van der Waals surface area contributed by atoms with Crippen molar-refractivity contribution in [1.29, 1.82) is 5.26 Å². The largest absolute Gasteiger partial charge is 0.311 e. The van der Waals surface area contributed by atoms with E-state index in [9.17, 15) is 0 Å². The number of nitrogens with zero attached hydrogens (tertiary/aromatic N) is 2. The summed E-state index contributed by atoms with van der Waals surface area (Å²) in [5.74, 6) is 0.486. The first-order chi connectivity index (χ1) is 6.63. The summed E-state index contributed by atoms with van der Waals surface area (Å²) in [7, 11) is 4.14. The minimum absolute atomic E-state index is 0.486. The molecule has 0 spiro atoms. The standard InChI is InChI=1S/C11H21N3/c1-9-4-5-11(13-9)10(6-7-12)8-14(2)3/h9-11,13H,4-6,8H2,1-3H3. The second-order valence-corrected chi connectivity index (χ2v) is 4.64. The average molecular weight is 195 g/mol. The Kier molecular flexibility index (Phi) is 4.37. The Morgan fingerprint density at radius 3 is 2.64 bits per heavy atom. The first kappa shape index (κ1) is 11.5. The molecule has 0 aromatic heterocycles. The van der Waals surface area contributed by atoms with E-state index in [0.29, 0.717) is 24.4 Å². The summed E-state index contributed by atoms with van der Waals surface area (Å²) in [5.41, 5.74) is 0. The van der Waals surface area contributed by atoms with Gasteiger partial charge in [-0.3, -0.25) is 0 Å². The van der Waals surface area contributed by atoms with Gasteiger partial charge in [0, 0.05) is 25.0 Å². The molecule has 0 aliphatic carbocycles. The minimum Gasteiger partial charge on any atom is -0.311 e. The number of nitrogens with one attached hydrogen (secondary N) is 1. The van der Waals surface area contributed by atoms with Crippen LogP contribution in [-0.4, -0.2) is 37.6 Å². The van der Waals surface area contributed by atoms with Crippen molar-refractivity contribution in [2.24, 2.45) is 5.92 Å². The maximum atomic E-state index is 8.78. The van der Waals surface area contributed by atoms with E-state index < -0.39 is 0 Å². The third-order valence-corrected chi connectivity index (χ3v) is 2.93. The van der Waals surface area contributed by atoms with E-state index in [2.05, 4.69) is 37.3 Å². The molecule has 14 heavy (non-hydrogen) atoms. The molecule has 1 N–H and O–H groups in total. The van der Waals surface area contributed by atoms with Crippen LogP contribution in [0.3, 0.4) is 0 Å². The van der Waals surface area contributed by atoms with Crippen molar-refractivity contribution in [3.05, 3.63) is 0 Å². The summed E-state index contributed by atoms with van der Waals surface area (Å²) >= 11 is 0. The van der Waals surface area contributed by atoms with E-state index >= 15 is 0 Å². The predicted octanol–water partition coefficient (Wildman–Crippen LogP) is 1.22. The SMILES string of the molecule is CC1CCC(C(CC#N)CN(C)C)N1. The van der Waals surface area contributed by atoms with Gasteiger partial charge in [0.25, 0.3) is 0 Å². The van der Waals surface area contributed by atoms with Crippen LogP contribution in [0.4, 0.5) is 0 Å². The van der Waals surface area contributed by atoms with Crippen molar-refractivity contribution in [1.82, 2.24) is 10.2 Å². The van der Waals surface area contributed by atoms with Gasteiger partial charge in [0.2, 0.25) is 0 Å². The number of rotatable bonds is 4. The molecule has 1 saturated heterocycles. The van der Waals surface area contributed by atoms with Gasteiger partial charge in [-0.15, -0.1) is 0 Å². The highest BCUT2D eigenvalue weighted by Crippen LogP contribution is 2.21. The molecule has 3 unspecified atom stereocenters. The van der Waals surface area contributed by atoms with Gasteiger partial charge in [0.1, 0.15) is 0 Å². The van der Waals surface area contributed by atoms with E-state index in [1.54, 1.807) is 0 Å². The maximum Gasteiger partial charge on any atom is 0.0625 e. The molecule has 1 aliphatic rings. The fourth-order valence-corrected chi connectivity index (χ4v) is 2.25. The van der Waals surface area contributed by atoms with E-state index in [0.717, 1.165) is 6.54 Å². The van der Waals surface area contributed by atoms with Crippen LogP contribution in [0, 0.1) is 17.2 Å². The Morgan fingerprint density at radius 2 is 2.21 bits per heavy atom. The van der Waals surface area contributed by atoms with Crippen LogP contribution in [0.5, 0.6) is 0 Å². The van der Waals surface area contributed by atoms with Crippen LogP contribution in [0.25, 0.3) is 0 Å². The summed E-state index contributed by atoms with van der Waals surface area (Å²) in [6.07, 6.45) is 3.14. The quantitative estimate of drug-likeness (QED) is 0.733. The zero-order chi connectivity index (χ0) is 10.6. The molecule has 0 saturated carbocycles. The minimum atomic E-state index is 0.486. The van der Waals surface area contributed by atoms with Gasteiger partial charge < -0.3 is 10.2 Å². The summed E-state index contributed by atoms with van der Waals surface area (Å²) in [4.78, 5) is 2.17. The predicted molar refractivity (Wildman–Crippen MR) is 57.9 cm³/mol. The number of nitriles is 1. The molecule has 1 aliphatic heterocycles. The summed E-state index contributed by atoms with van der Waals surface area (Å²) in [6.45, 7) is 3.23. The highest BCUT2D eigenvalue weighted by molar-refractivity contribution is 4.91. The second-order valence-electron chi connectivity index (χ2n) is 4.64. The zero-order valence-corrected chi connectivity index (χ0v) is 9.45. The van der Waals surface area contributed by atoms with Crippen LogP contribution < -0.4 is 5.32 Å². The smallest absolute Gasteiger partial charge is 0.0625 e. The van der Waals surface area contributed by atoms with Crippen molar-refractivity contribution >= 4 is 0 Å². The molecule has 1 heterocycles. The Morgan fingerprint density at radius 1 is 1.50 bits per heavy atom. The van der Waals surface area contributed by atoms with Crippen LogP contribution >= 0.6 is 0 Å². The van der Waals surface area contributed by atoms with Crippen molar-refractivity contribution in [2.45, 2.75) is 38.3 Å². The molecule has 0 bridgehead atoms. The Balaban J connectivity index is 2.46. The summed E-state index contributed by atoms with van der Waals surface area (Å²) in [5, 5.41) is 12.3. The molecule has 1 rings (SSSR count). The molecule has 3 nitrogen and oxygen atoms in total. The van der Waals surface area contributed by atoms with E-state index in [-0.39, 0.29) is 0 Å². The lowest BCUT2D eigenvalue weighted by Gasteiger charge is -2.25. The van der Waals surface area contributed by atoms with Gasteiger partial charge in [-0.2, -0.15) is 5.26 Å². The van der Waals surface area contributed by atoms with E-state index in [4.69, 9.17) is 5.26 Å². The van der Waals surface area contributed by atoms with E-state index in [1.165, 1.54) is 12.8 Å². The van der Waals surface area contributed by atoms with Crippen molar-refractivity contribution in [3.8, 4) is 6.07 Å². The monoisotopic (exact) mass is 195 g/mol. The number of hydrogen-bond acceptors (Lipinski definition) is 3. The molecular formula is C11H21N3. The first-order valence-corrected chi connectivity index (χ1v) is 5.41. The molecule has 1 fully saturated rings. The lowest BCUT2D eigenvalue weighted by atomic mass is 9.95. The molecule has 0 aromatic carbocycles. The number of hydrogen-bond donors (Lipinski definition) is 1. The van der Waals surface area contributed by atoms with Gasteiger partial charge >= 0.3 is 0 Å². The molecule has 0 radical (unpaired) electrons. The van der Waals surface area contributed by atoms with Gasteiger partial charge in [-0.25, -0.2) is 0 Å². The highest BCUT2D eigenvalue weighted by atomic mass is 15.1. The van der Waals surface area contributed by atoms with Gasteiger partial charge in [-0.05, 0) is 39.8 Å². The van der Waals surface area contributed by atoms with Crippen molar-refractivity contribution < 1.29 is 0 Å². The Labute approximate surface area is 87.1 Å². The fraction of sp³-hybridized carbons (Fsp3) is 0.909. The van der Waals surface area contributed by atoms with Crippen LogP contribution in [0.1, 0.15) is 26.2 Å². The lowest BCUT2D eigenvalue weighted by molar-refractivity contribution is 0.276. The maximum absolute atomic E-state index is 8.78. The fourth-order valence-electron chi connectivity index (χ4n) is 2.25. The third-order valence-electron chi connectivity index (χ3n) is 2.93. The Bertz CT molecular complexity index is 207. The lowest BCUT2D eigenvalue weighted by Crippen LogP contribution is -2.38. The van der Waals surface area contributed by atoms with Crippen LogP contribution in [-0.2, 0) is 0 Å². The molecule has 80 valence electrons. The van der Waals surface area contributed by atoms with Crippen molar-refractivity contribution in [3.63, 3.8) is 0 Å².